The first kappa shape index (κ1) is 19.0. The molecule has 2 aromatic rings. The summed E-state index contributed by atoms with van der Waals surface area (Å²) >= 11 is 7.39. The Morgan fingerprint density at radius 1 is 1.30 bits per heavy atom. The van der Waals surface area contributed by atoms with Crippen molar-refractivity contribution in [2.75, 3.05) is 4.90 Å². The van der Waals surface area contributed by atoms with Crippen LogP contribution in [0.2, 0.25) is 5.02 Å². The molecule has 1 atom stereocenters. The van der Waals surface area contributed by atoms with Gasteiger partial charge in [0.15, 0.2) is 0 Å². The lowest BCUT2D eigenvalue weighted by molar-refractivity contribution is -0.117. The Balaban J connectivity index is 2.06. The Bertz CT molecular complexity index is 997. The number of amides is 2. The zero-order valence-corrected chi connectivity index (χ0v) is 16.1. The van der Waals surface area contributed by atoms with Gasteiger partial charge in [-0.15, -0.1) is 0 Å². The van der Waals surface area contributed by atoms with Crippen molar-refractivity contribution >= 4 is 40.9 Å². The number of anilines is 1. The van der Waals surface area contributed by atoms with Gasteiger partial charge in [-0.1, -0.05) is 53.7 Å². The van der Waals surface area contributed by atoms with Gasteiger partial charge in [-0.3, -0.25) is 14.5 Å². The molecule has 2 N–H and O–H groups in total. The van der Waals surface area contributed by atoms with Crippen molar-refractivity contribution in [1.82, 2.24) is 0 Å². The SMILES string of the molecule is Cc1cccc(N2C(=O)[C@H](Cc3ccccc3Cl)S/C2=C(\C#N)C(N)=O)c1. The molecule has 1 saturated heterocycles. The van der Waals surface area contributed by atoms with E-state index in [0.29, 0.717) is 17.1 Å². The van der Waals surface area contributed by atoms with E-state index in [1.54, 1.807) is 12.1 Å². The average molecular weight is 398 g/mol. The molecule has 136 valence electrons. The maximum Gasteiger partial charge on any atom is 0.262 e. The van der Waals surface area contributed by atoms with Crippen molar-refractivity contribution in [1.29, 1.82) is 5.26 Å². The number of nitrogens with two attached hydrogens (primary N) is 1. The fourth-order valence-corrected chi connectivity index (χ4v) is 4.38. The van der Waals surface area contributed by atoms with Crippen molar-refractivity contribution < 1.29 is 9.59 Å². The summed E-state index contributed by atoms with van der Waals surface area (Å²) < 4.78 is 0. The van der Waals surface area contributed by atoms with Gasteiger partial charge in [0.25, 0.3) is 5.91 Å². The number of nitriles is 1. The van der Waals surface area contributed by atoms with Crippen molar-refractivity contribution in [3.8, 4) is 6.07 Å². The second kappa shape index (κ2) is 7.87. The van der Waals surface area contributed by atoms with Crippen LogP contribution in [0.4, 0.5) is 5.69 Å². The van der Waals surface area contributed by atoms with E-state index < -0.39 is 11.2 Å². The molecule has 1 heterocycles. The van der Waals surface area contributed by atoms with Gasteiger partial charge in [0.05, 0.1) is 5.25 Å². The Kier molecular flexibility index (Phi) is 5.54. The number of hydrogen-bond acceptors (Lipinski definition) is 4. The van der Waals surface area contributed by atoms with Crippen molar-refractivity contribution in [3.63, 3.8) is 0 Å². The van der Waals surface area contributed by atoms with Gasteiger partial charge in [0.1, 0.15) is 16.7 Å². The van der Waals surface area contributed by atoms with E-state index in [4.69, 9.17) is 17.3 Å². The average Bonchev–Trinajstić information content (AvgIpc) is 2.93. The minimum absolute atomic E-state index is 0.213. The molecule has 0 aromatic heterocycles. The molecule has 5 nitrogen and oxygen atoms in total. The van der Waals surface area contributed by atoms with E-state index in [-0.39, 0.29) is 16.5 Å². The number of hydrogen-bond donors (Lipinski definition) is 1. The van der Waals surface area contributed by atoms with Crippen LogP contribution in [0.15, 0.2) is 59.1 Å². The fourth-order valence-electron chi connectivity index (χ4n) is 2.87. The number of benzene rings is 2. The third-order valence-corrected chi connectivity index (χ3v) is 5.78. The first-order chi connectivity index (χ1) is 12.9. The minimum Gasteiger partial charge on any atom is -0.365 e. The Morgan fingerprint density at radius 2 is 2.04 bits per heavy atom. The molecular formula is C20H16ClN3O2S. The number of aryl methyl sites for hydroxylation is 1. The van der Waals surface area contributed by atoms with Crippen LogP contribution < -0.4 is 10.6 Å². The van der Waals surface area contributed by atoms with Crippen LogP contribution in [0.25, 0.3) is 0 Å². The molecule has 2 amide bonds. The molecule has 27 heavy (non-hydrogen) atoms. The van der Waals surface area contributed by atoms with Crippen LogP contribution in [-0.4, -0.2) is 17.1 Å². The molecule has 0 aliphatic carbocycles. The Hall–Kier alpha value is -2.75. The zero-order chi connectivity index (χ0) is 19.6. The number of thioether (sulfide) groups is 1. The lowest BCUT2D eigenvalue weighted by atomic mass is 10.1. The molecule has 3 rings (SSSR count). The van der Waals surface area contributed by atoms with Gasteiger partial charge < -0.3 is 5.73 Å². The van der Waals surface area contributed by atoms with Crippen LogP contribution >= 0.6 is 23.4 Å². The maximum atomic E-state index is 13.2. The van der Waals surface area contributed by atoms with E-state index in [2.05, 4.69) is 0 Å². The standard InChI is InChI=1S/C20H16ClN3O2S/c1-12-5-4-7-14(9-12)24-19(26)17(10-13-6-2-3-8-16(13)21)27-20(24)15(11-22)18(23)25/h2-9,17H,10H2,1H3,(H2,23,25)/b20-15+/t17-/m0/s1. The zero-order valence-electron chi connectivity index (χ0n) is 14.5. The monoisotopic (exact) mass is 397 g/mol. The molecule has 0 unspecified atom stereocenters. The summed E-state index contributed by atoms with van der Waals surface area (Å²) in [7, 11) is 0. The van der Waals surface area contributed by atoms with Gasteiger partial charge in [0, 0.05) is 10.7 Å². The summed E-state index contributed by atoms with van der Waals surface area (Å²) in [4.78, 5) is 26.3. The predicted octanol–water partition coefficient (Wildman–Crippen LogP) is 3.56. The minimum atomic E-state index is -0.858. The predicted molar refractivity (Wildman–Crippen MR) is 107 cm³/mol. The van der Waals surface area contributed by atoms with E-state index in [1.165, 1.54) is 16.7 Å². The number of nitrogens with zero attached hydrogens (tertiary/aromatic N) is 2. The van der Waals surface area contributed by atoms with Gasteiger partial charge in [0.2, 0.25) is 5.91 Å². The molecule has 1 aliphatic rings. The Morgan fingerprint density at radius 3 is 2.67 bits per heavy atom. The van der Waals surface area contributed by atoms with Gasteiger partial charge in [-0.2, -0.15) is 5.26 Å². The van der Waals surface area contributed by atoms with Crippen molar-refractivity contribution in [3.05, 3.63) is 75.3 Å². The smallest absolute Gasteiger partial charge is 0.262 e. The highest BCUT2D eigenvalue weighted by Crippen LogP contribution is 2.42. The third kappa shape index (κ3) is 3.85. The lowest BCUT2D eigenvalue weighted by Gasteiger charge is -2.18. The molecule has 1 fully saturated rings. The van der Waals surface area contributed by atoms with Gasteiger partial charge in [-0.25, -0.2) is 0 Å². The first-order valence-electron chi connectivity index (χ1n) is 8.17. The van der Waals surface area contributed by atoms with Crippen LogP contribution in [0.3, 0.4) is 0 Å². The molecule has 0 spiro atoms. The van der Waals surface area contributed by atoms with Crippen LogP contribution in [0, 0.1) is 18.3 Å². The second-order valence-corrected chi connectivity index (χ2v) is 7.67. The van der Waals surface area contributed by atoms with Crippen LogP contribution in [0.1, 0.15) is 11.1 Å². The van der Waals surface area contributed by atoms with Crippen molar-refractivity contribution in [2.45, 2.75) is 18.6 Å². The van der Waals surface area contributed by atoms with Gasteiger partial charge in [-0.05, 0) is 42.7 Å². The number of rotatable bonds is 4. The van der Waals surface area contributed by atoms with Gasteiger partial charge >= 0.3 is 0 Å². The summed E-state index contributed by atoms with van der Waals surface area (Å²) in [6.07, 6.45) is 0.381. The highest BCUT2D eigenvalue weighted by Gasteiger charge is 2.40. The first-order valence-corrected chi connectivity index (χ1v) is 9.43. The van der Waals surface area contributed by atoms with E-state index in [0.717, 1.165) is 11.1 Å². The third-order valence-electron chi connectivity index (χ3n) is 4.15. The summed E-state index contributed by atoms with van der Waals surface area (Å²) in [5.41, 5.74) is 7.53. The number of halogens is 1. The maximum absolute atomic E-state index is 13.2. The molecule has 0 saturated carbocycles. The van der Waals surface area contributed by atoms with Crippen molar-refractivity contribution in [2.24, 2.45) is 5.73 Å². The van der Waals surface area contributed by atoms with Crippen LogP contribution in [0.5, 0.6) is 0 Å². The second-order valence-electron chi connectivity index (χ2n) is 6.07. The normalized spacial score (nSPS) is 18.3. The topological polar surface area (TPSA) is 87.2 Å². The molecule has 2 aromatic carbocycles. The number of primary amides is 1. The number of carbonyl (C=O) groups is 2. The summed E-state index contributed by atoms with van der Waals surface area (Å²) in [5, 5.41) is 9.72. The highest BCUT2D eigenvalue weighted by molar-refractivity contribution is 8.05. The van der Waals surface area contributed by atoms with Crippen LogP contribution in [-0.2, 0) is 16.0 Å². The largest absolute Gasteiger partial charge is 0.365 e. The Labute approximate surface area is 166 Å². The fraction of sp³-hybridized carbons (Fsp3) is 0.150. The van der Waals surface area contributed by atoms with E-state index >= 15 is 0 Å². The molecule has 0 radical (unpaired) electrons. The molecule has 7 heteroatoms. The number of carbonyl (C=O) groups excluding carboxylic acids is 2. The summed E-state index contributed by atoms with van der Waals surface area (Å²) in [5.74, 6) is -1.07. The summed E-state index contributed by atoms with van der Waals surface area (Å²) in [6.45, 7) is 1.90. The quantitative estimate of drug-likeness (QED) is 0.631. The van der Waals surface area contributed by atoms with E-state index in [9.17, 15) is 14.9 Å². The summed E-state index contributed by atoms with van der Waals surface area (Å²) in [6, 6.07) is 16.4. The molecule has 0 bridgehead atoms. The molecule has 1 aliphatic heterocycles. The highest BCUT2D eigenvalue weighted by atomic mass is 35.5. The lowest BCUT2D eigenvalue weighted by Crippen LogP contribution is -2.31. The molecular weight excluding hydrogens is 382 g/mol. The van der Waals surface area contributed by atoms with E-state index in [1.807, 2.05) is 49.4 Å².